The average Bonchev–Trinajstić information content (AvgIpc) is 2.26. The van der Waals surface area contributed by atoms with Crippen molar-refractivity contribution in [3.8, 4) is 0 Å². The van der Waals surface area contributed by atoms with Gasteiger partial charge in [-0.2, -0.15) is 0 Å². The minimum Gasteiger partial charge on any atom is -0.392 e. The van der Waals surface area contributed by atoms with Crippen molar-refractivity contribution in [1.29, 1.82) is 0 Å². The van der Waals surface area contributed by atoms with Crippen LogP contribution in [0.15, 0.2) is 0 Å². The van der Waals surface area contributed by atoms with E-state index in [1.165, 1.54) is 32.1 Å². The summed E-state index contributed by atoms with van der Waals surface area (Å²) in [4.78, 5) is 0. The molecule has 2 N–H and O–H groups in total. The van der Waals surface area contributed by atoms with Gasteiger partial charge in [0.05, 0.1) is 6.10 Å². The Bertz CT molecular complexity index is 170. The van der Waals surface area contributed by atoms with Crippen molar-refractivity contribution in [3.63, 3.8) is 0 Å². The number of aliphatic hydroxyl groups is 1. The second kappa shape index (κ2) is 6.49. The highest BCUT2D eigenvalue weighted by Gasteiger charge is 2.21. The predicted molar refractivity (Wildman–Crippen MR) is 64.9 cm³/mol. The van der Waals surface area contributed by atoms with Crippen molar-refractivity contribution in [2.75, 3.05) is 6.54 Å². The van der Waals surface area contributed by atoms with Crippen molar-refractivity contribution in [2.45, 2.75) is 65.0 Å². The molecule has 0 spiro atoms. The largest absolute Gasteiger partial charge is 0.392 e. The maximum atomic E-state index is 9.72. The maximum Gasteiger partial charge on any atom is 0.0687 e. The molecule has 0 radical (unpaired) electrons. The van der Waals surface area contributed by atoms with Gasteiger partial charge in [-0.25, -0.2) is 0 Å². The number of nitrogens with one attached hydrogen (secondary N) is 1. The van der Waals surface area contributed by atoms with Gasteiger partial charge < -0.3 is 10.4 Å². The second-order valence-electron chi connectivity index (χ2n) is 5.36. The summed E-state index contributed by atoms with van der Waals surface area (Å²) in [6.45, 7) is 7.19. The summed E-state index contributed by atoms with van der Waals surface area (Å²) < 4.78 is 0. The molecule has 0 bridgehead atoms. The summed E-state index contributed by atoms with van der Waals surface area (Å²) in [6, 6.07) is 0.650. The SMILES string of the molecule is CCC1CCCC(NCC(O)C(C)C)C1. The lowest BCUT2D eigenvalue weighted by Gasteiger charge is -2.30. The molecule has 0 saturated heterocycles. The Morgan fingerprint density at radius 3 is 2.67 bits per heavy atom. The summed E-state index contributed by atoms with van der Waals surface area (Å²) >= 11 is 0. The van der Waals surface area contributed by atoms with E-state index < -0.39 is 0 Å². The minimum atomic E-state index is -0.188. The third-order valence-electron chi connectivity index (χ3n) is 3.75. The summed E-state index contributed by atoms with van der Waals surface area (Å²) in [5.41, 5.74) is 0. The molecule has 1 aliphatic rings. The van der Waals surface area contributed by atoms with E-state index in [2.05, 4.69) is 26.1 Å². The van der Waals surface area contributed by atoms with Crippen LogP contribution >= 0.6 is 0 Å². The first-order valence-corrected chi connectivity index (χ1v) is 6.55. The van der Waals surface area contributed by atoms with Crippen LogP contribution in [-0.2, 0) is 0 Å². The van der Waals surface area contributed by atoms with Gasteiger partial charge in [-0.05, 0) is 24.7 Å². The van der Waals surface area contributed by atoms with Gasteiger partial charge in [0.2, 0.25) is 0 Å². The Hall–Kier alpha value is -0.0800. The van der Waals surface area contributed by atoms with Gasteiger partial charge in [0.25, 0.3) is 0 Å². The minimum absolute atomic E-state index is 0.188. The molecule has 15 heavy (non-hydrogen) atoms. The maximum absolute atomic E-state index is 9.72. The van der Waals surface area contributed by atoms with Crippen LogP contribution in [0, 0.1) is 11.8 Å². The highest BCUT2D eigenvalue weighted by Crippen LogP contribution is 2.26. The standard InChI is InChI=1S/C13H27NO/c1-4-11-6-5-7-12(8-11)14-9-13(15)10(2)3/h10-15H,4-9H2,1-3H3. The van der Waals surface area contributed by atoms with E-state index >= 15 is 0 Å². The van der Waals surface area contributed by atoms with E-state index in [0.717, 1.165) is 12.5 Å². The molecule has 1 aliphatic carbocycles. The zero-order chi connectivity index (χ0) is 11.3. The van der Waals surface area contributed by atoms with Gasteiger partial charge in [-0.1, -0.05) is 40.0 Å². The lowest BCUT2D eigenvalue weighted by atomic mass is 9.84. The molecular formula is C13H27NO. The van der Waals surface area contributed by atoms with Crippen LogP contribution in [0.5, 0.6) is 0 Å². The zero-order valence-corrected chi connectivity index (χ0v) is 10.5. The molecule has 0 aromatic rings. The molecule has 1 saturated carbocycles. The van der Waals surface area contributed by atoms with Gasteiger partial charge in [-0.3, -0.25) is 0 Å². The number of hydrogen-bond acceptors (Lipinski definition) is 2. The summed E-state index contributed by atoms with van der Waals surface area (Å²) in [5.74, 6) is 1.27. The van der Waals surface area contributed by atoms with Crippen molar-refractivity contribution in [3.05, 3.63) is 0 Å². The van der Waals surface area contributed by atoms with Crippen LogP contribution in [0.25, 0.3) is 0 Å². The van der Waals surface area contributed by atoms with Crippen LogP contribution in [0.1, 0.15) is 52.9 Å². The number of hydrogen-bond donors (Lipinski definition) is 2. The van der Waals surface area contributed by atoms with Crippen molar-refractivity contribution in [2.24, 2.45) is 11.8 Å². The fourth-order valence-electron chi connectivity index (χ4n) is 2.37. The van der Waals surface area contributed by atoms with E-state index in [-0.39, 0.29) is 6.10 Å². The molecule has 2 heteroatoms. The molecule has 3 atom stereocenters. The molecular weight excluding hydrogens is 186 g/mol. The summed E-state index contributed by atoms with van der Waals surface area (Å²) in [6.07, 6.45) is 6.48. The van der Waals surface area contributed by atoms with Crippen LogP contribution in [0.3, 0.4) is 0 Å². The highest BCUT2D eigenvalue weighted by atomic mass is 16.3. The van der Waals surface area contributed by atoms with E-state index in [9.17, 15) is 5.11 Å². The van der Waals surface area contributed by atoms with Gasteiger partial charge in [0, 0.05) is 12.6 Å². The Kier molecular flexibility index (Phi) is 5.62. The molecule has 0 aromatic carbocycles. The first-order valence-electron chi connectivity index (χ1n) is 6.55. The fourth-order valence-corrected chi connectivity index (χ4v) is 2.37. The van der Waals surface area contributed by atoms with Crippen molar-refractivity contribution in [1.82, 2.24) is 5.32 Å². The molecule has 90 valence electrons. The molecule has 0 aliphatic heterocycles. The van der Waals surface area contributed by atoms with Crippen LogP contribution in [-0.4, -0.2) is 23.8 Å². The molecule has 2 nitrogen and oxygen atoms in total. The first kappa shape index (κ1) is 13.0. The zero-order valence-electron chi connectivity index (χ0n) is 10.5. The number of aliphatic hydroxyl groups excluding tert-OH is 1. The highest BCUT2D eigenvalue weighted by molar-refractivity contribution is 4.78. The Labute approximate surface area is 94.5 Å². The van der Waals surface area contributed by atoms with Crippen molar-refractivity contribution >= 4 is 0 Å². The van der Waals surface area contributed by atoms with E-state index in [4.69, 9.17) is 0 Å². The summed E-state index contributed by atoms with van der Waals surface area (Å²) in [7, 11) is 0. The molecule has 3 unspecified atom stereocenters. The third-order valence-corrected chi connectivity index (χ3v) is 3.75. The van der Waals surface area contributed by atoms with Gasteiger partial charge in [0.15, 0.2) is 0 Å². The topological polar surface area (TPSA) is 32.3 Å². The quantitative estimate of drug-likeness (QED) is 0.735. The summed E-state index contributed by atoms with van der Waals surface area (Å²) in [5, 5.41) is 13.2. The van der Waals surface area contributed by atoms with Gasteiger partial charge in [0.1, 0.15) is 0 Å². The van der Waals surface area contributed by atoms with E-state index in [1.807, 2.05) is 0 Å². The Morgan fingerprint density at radius 2 is 2.07 bits per heavy atom. The Morgan fingerprint density at radius 1 is 1.33 bits per heavy atom. The van der Waals surface area contributed by atoms with Crippen molar-refractivity contribution < 1.29 is 5.11 Å². The van der Waals surface area contributed by atoms with Crippen LogP contribution in [0.4, 0.5) is 0 Å². The average molecular weight is 213 g/mol. The molecule has 1 rings (SSSR count). The molecule has 0 amide bonds. The van der Waals surface area contributed by atoms with Gasteiger partial charge >= 0.3 is 0 Å². The fraction of sp³-hybridized carbons (Fsp3) is 1.00. The molecule has 1 fully saturated rings. The van der Waals surface area contributed by atoms with Gasteiger partial charge in [-0.15, -0.1) is 0 Å². The monoisotopic (exact) mass is 213 g/mol. The van der Waals surface area contributed by atoms with Crippen LogP contribution in [0.2, 0.25) is 0 Å². The predicted octanol–water partition coefficient (Wildman–Crippen LogP) is 2.56. The molecule has 0 aromatic heterocycles. The first-order chi connectivity index (χ1) is 7.13. The van der Waals surface area contributed by atoms with E-state index in [0.29, 0.717) is 12.0 Å². The van der Waals surface area contributed by atoms with Crippen LogP contribution < -0.4 is 5.32 Å². The number of rotatable bonds is 5. The smallest absolute Gasteiger partial charge is 0.0687 e. The Balaban J connectivity index is 2.20. The lowest BCUT2D eigenvalue weighted by molar-refractivity contribution is 0.115. The third kappa shape index (κ3) is 4.52. The normalized spacial score (nSPS) is 29.4. The van der Waals surface area contributed by atoms with E-state index in [1.54, 1.807) is 0 Å². The second-order valence-corrected chi connectivity index (χ2v) is 5.36. The molecule has 0 heterocycles. The lowest BCUT2D eigenvalue weighted by Crippen LogP contribution is -2.40.